The minimum Gasteiger partial charge on any atom is -0.377 e. The summed E-state index contributed by atoms with van der Waals surface area (Å²) in [6.07, 6.45) is 2.79. The molecule has 0 aromatic carbocycles. The summed E-state index contributed by atoms with van der Waals surface area (Å²) in [5.74, 6) is 2.31. The summed E-state index contributed by atoms with van der Waals surface area (Å²) in [5.41, 5.74) is 0.354. The molecule has 3 aromatic rings. The number of ether oxygens (including phenoxy) is 1. The summed E-state index contributed by atoms with van der Waals surface area (Å²) in [7, 11) is 0. The molecular formula is C25H31N7O3S. The Labute approximate surface area is 214 Å². The number of amides is 1. The fraction of sp³-hybridized carbons (Fsp3) is 0.520. The van der Waals surface area contributed by atoms with E-state index in [9.17, 15) is 4.79 Å². The van der Waals surface area contributed by atoms with E-state index in [-0.39, 0.29) is 5.91 Å². The predicted octanol–water partition coefficient (Wildman–Crippen LogP) is 2.46. The summed E-state index contributed by atoms with van der Waals surface area (Å²) < 4.78 is 11.2. The SMILES string of the molecule is O=C(c1cc(-c2cccs2)on1)N1CCN(c2ccc(N3CCN(CC4CCCO4)CC3)nn2)CC1. The average molecular weight is 510 g/mol. The second-order valence-corrected chi connectivity index (χ2v) is 10.5. The Hall–Kier alpha value is -3.02. The molecule has 3 aromatic heterocycles. The Bertz CT molecular complexity index is 1130. The Morgan fingerprint density at radius 1 is 0.972 bits per heavy atom. The number of rotatable bonds is 6. The van der Waals surface area contributed by atoms with Crippen LogP contribution in [-0.4, -0.2) is 103 Å². The van der Waals surface area contributed by atoms with Gasteiger partial charge in [-0.05, 0) is 36.4 Å². The van der Waals surface area contributed by atoms with Crippen LogP contribution in [0.4, 0.5) is 11.6 Å². The molecule has 6 rings (SSSR count). The Kier molecular flexibility index (Phi) is 6.84. The van der Waals surface area contributed by atoms with Crippen molar-refractivity contribution in [1.29, 1.82) is 0 Å². The molecule has 11 heteroatoms. The minimum atomic E-state index is -0.0960. The second kappa shape index (κ2) is 10.5. The van der Waals surface area contributed by atoms with Crippen LogP contribution in [0.1, 0.15) is 23.3 Å². The van der Waals surface area contributed by atoms with E-state index in [0.717, 1.165) is 55.8 Å². The van der Waals surface area contributed by atoms with Crippen molar-refractivity contribution < 1.29 is 14.1 Å². The minimum absolute atomic E-state index is 0.0960. The van der Waals surface area contributed by atoms with Crippen molar-refractivity contribution in [3.8, 4) is 10.6 Å². The maximum Gasteiger partial charge on any atom is 0.276 e. The van der Waals surface area contributed by atoms with Crippen LogP contribution in [0.3, 0.4) is 0 Å². The van der Waals surface area contributed by atoms with Crippen molar-refractivity contribution >= 4 is 28.9 Å². The summed E-state index contributed by atoms with van der Waals surface area (Å²) in [6.45, 7) is 8.55. The molecule has 190 valence electrons. The highest BCUT2D eigenvalue weighted by Crippen LogP contribution is 2.26. The van der Waals surface area contributed by atoms with Crippen LogP contribution in [0.25, 0.3) is 10.6 Å². The largest absolute Gasteiger partial charge is 0.377 e. The Morgan fingerprint density at radius 3 is 2.31 bits per heavy atom. The number of thiophene rings is 1. The number of nitrogens with zero attached hydrogens (tertiary/aromatic N) is 7. The summed E-state index contributed by atoms with van der Waals surface area (Å²) >= 11 is 1.56. The van der Waals surface area contributed by atoms with Crippen molar-refractivity contribution in [3.05, 3.63) is 41.4 Å². The van der Waals surface area contributed by atoms with Gasteiger partial charge in [0.1, 0.15) is 0 Å². The quantitative estimate of drug-likeness (QED) is 0.497. The molecule has 36 heavy (non-hydrogen) atoms. The lowest BCUT2D eigenvalue weighted by atomic mass is 10.2. The predicted molar refractivity (Wildman–Crippen MR) is 138 cm³/mol. The van der Waals surface area contributed by atoms with Crippen LogP contribution in [0.15, 0.2) is 40.2 Å². The van der Waals surface area contributed by atoms with Crippen molar-refractivity contribution in [2.75, 3.05) is 75.3 Å². The van der Waals surface area contributed by atoms with Gasteiger partial charge in [0.25, 0.3) is 5.91 Å². The third-order valence-electron chi connectivity index (χ3n) is 7.20. The van der Waals surface area contributed by atoms with Gasteiger partial charge in [0, 0.05) is 71.6 Å². The molecule has 1 unspecified atom stereocenters. The maximum atomic E-state index is 12.9. The lowest BCUT2D eigenvalue weighted by Gasteiger charge is -2.36. The molecular weight excluding hydrogens is 478 g/mol. The first-order valence-electron chi connectivity index (χ1n) is 12.7. The van der Waals surface area contributed by atoms with E-state index in [1.165, 1.54) is 12.8 Å². The van der Waals surface area contributed by atoms with Gasteiger partial charge in [-0.25, -0.2) is 0 Å². The van der Waals surface area contributed by atoms with Gasteiger partial charge in [-0.15, -0.1) is 21.5 Å². The van der Waals surface area contributed by atoms with Gasteiger partial charge in [-0.2, -0.15) is 0 Å². The zero-order valence-electron chi connectivity index (χ0n) is 20.3. The zero-order chi connectivity index (χ0) is 24.3. The third kappa shape index (κ3) is 5.09. The van der Waals surface area contributed by atoms with E-state index in [1.807, 2.05) is 28.5 Å². The van der Waals surface area contributed by atoms with E-state index in [1.54, 1.807) is 17.4 Å². The summed E-state index contributed by atoms with van der Waals surface area (Å²) in [5, 5.41) is 15.0. The lowest BCUT2D eigenvalue weighted by Crippen LogP contribution is -2.49. The van der Waals surface area contributed by atoms with Gasteiger partial charge in [-0.3, -0.25) is 9.69 Å². The standard InChI is InChI=1S/C25H31N7O3S/c33-25(20-17-21(35-28-20)22-4-2-16-36-22)32-13-11-31(12-14-32)24-6-5-23(26-27-24)30-9-7-29(8-10-30)18-19-3-1-15-34-19/h2,4-6,16-17,19H,1,3,7-15,18H2. The van der Waals surface area contributed by atoms with Crippen LogP contribution >= 0.6 is 11.3 Å². The molecule has 0 N–H and O–H groups in total. The van der Waals surface area contributed by atoms with Gasteiger partial charge in [0.05, 0.1) is 11.0 Å². The molecule has 1 amide bonds. The molecule has 6 heterocycles. The number of anilines is 2. The highest BCUT2D eigenvalue weighted by molar-refractivity contribution is 7.13. The first-order valence-corrected chi connectivity index (χ1v) is 13.6. The molecule has 3 aliphatic heterocycles. The molecule has 0 spiro atoms. The normalized spacial score (nSPS) is 21.3. The fourth-order valence-corrected chi connectivity index (χ4v) is 5.78. The molecule has 0 radical (unpaired) electrons. The highest BCUT2D eigenvalue weighted by atomic mass is 32.1. The van der Waals surface area contributed by atoms with E-state index >= 15 is 0 Å². The molecule has 3 aliphatic rings. The molecule has 3 fully saturated rings. The first-order chi connectivity index (χ1) is 17.7. The van der Waals surface area contributed by atoms with Crippen LogP contribution in [0.2, 0.25) is 0 Å². The first kappa shape index (κ1) is 23.4. The van der Waals surface area contributed by atoms with Gasteiger partial charge in [0.15, 0.2) is 23.1 Å². The van der Waals surface area contributed by atoms with Gasteiger partial charge in [0.2, 0.25) is 0 Å². The van der Waals surface area contributed by atoms with Crippen molar-refractivity contribution in [2.24, 2.45) is 0 Å². The van der Waals surface area contributed by atoms with Crippen molar-refractivity contribution in [3.63, 3.8) is 0 Å². The Balaban J connectivity index is 0.988. The molecule has 0 aliphatic carbocycles. The maximum absolute atomic E-state index is 12.9. The smallest absolute Gasteiger partial charge is 0.276 e. The van der Waals surface area contributed by atoms with Gasteiger partial charge < -0.3 is 24.0 Å². The van der Waals surface area contributed by atoms with E-state index in [0.29, 0.717) is 43.7 Å². The number of hydrogen-bond acceptors (Lipinski definition) is 10. The number of carbonyl (C=O) groups is 1. The summed E-state index contributed by atoms with van der Waals surface area (Å²) in [4.78, 5) is 22.7. The topological polar surface area (TPSA) is 91.1 Å². The molecule has 1 atom stereocenters. The van der Waals surface area contributed by atoms with Crippen LogP contribution in [0.5, 0.6) is 0 Å². The number of carbonyl (C=O) groups excluding carboxylic acids is 1. The Morgan fingerprint density at radius 2 is 1.69 bits per heavy atom. The van der Waals surface area contributed by atoms with Crippen LogP contribution in [-0.2, 0) is 4.74 Å². The highest BCUT2D eigenvalue weighted by Gasteiger charge is 2.27. The molecule has 0 saturated carbocycles. The third-order valence-corrected chi connectivity index (χ3v) is 8.09. The van der Waals surface area contributed by atoms with E-state index < -0.39 is 0 Å². The second-order valence-electron chi connectivity index (χ2n) is 9.51. The van der Waals surface area contributed by atoms with E-state index in [2.05, 4.69) is 36.1 Å². The molecule has 0 bridgehead atoms. The monoisotopic (exact) mass is 509 g/mol. The van der Waals surface area contributed by atoms with Crippen LogP contribution in [0, 0.1) is 0 Å². The van der Waals surface area contributed by atoms with Gasteiger partial charge in [-0.1, -0.05) is 11.2 Å². The van der Waals surface area contributed by atoms with Crippen molar-refractivity contribution in [2.45, 2.75) is 18.9 Å². The van der Waals surface area contributed by atoms with Crippen molar-refractivity contribution in [1.82, 2.24) is 25.2 Å². The van der Waals surface area contributed by atoms with Gasteiger partial charge >= 0.3 is 0 Å². The van der Waals surface area contributed by atoms with Crippen LogP contribution < -0.4 is 9.80 Å². The number of hydrogen-bond donors (Lipinski definition) is 0. The van der Waals surface area contributed by atoms with E-state index in [4.69, 9.17) is 9.26 Å². The number of piperazine rings is 2. The summed E-state index contributed by atoms with van der Waals surface area (Å²) in [6, 6.07) is 9.75. The molecule has 3 saturated heterocycles. The number of aromatic nitrogens is 3. The average Bonchev–Trinajstić information content (AvgIpc) is 3.72. The zero-order valence-corrected chi connectivity index (χ0v) is 21.1. The lowest BCUT2D eigenvalue weighted by molar-refractivity contribution is 0.0712. The molecule has 10 nitrogen and oxygen atoms in total. The fourth-order valence-electron chi connectivity index (χ4n) is 5.10.